The fourth-order valence-corrected chi connectivity index (χ4v) is 8.93. The zero-order valence-corrected chi connectivity index (χ0v) is 27.2. The molecule has 2 aliphatic heterocycles. The topological polar surface area (TPSA) is 80.9 Å². The fraction of sp³-hybridized carbons (Fsp3) is 0.455. The summed E-state index contributed by atoms with van der Waals surface area (Å²) in [6, 6.07) is 15.6. The molecular formula is C33H38ClN5O3S2. The Hall–Kier alpha value is -2.76. The molecule has 2 fully saturated rings. The van der Waals surface area contributed by atoms with Crippen molar-refractivity contribution in [3.8, 4) is 22.5 Å². The molecule has 1 N–H and O–H groups in total. The maximum Gasteiger partial charge on any atom is 0.243 e. The van der Waals surface area contributed by atoms with Gasteiger partial charge in [0.05, 0.1) is 18.1 Å². The fourth-order valence-electron chi connectivity index (χ4n) is 7.00. The normalized spacial score (nSPS) is 18.7. The lowest BCUT2D eigenvalue weighted by molar-refractivity contribution is 0.0730. The first-order valence-corrected chi connectivity index (χ1v) is 18.0. The molecule has 3 aliphatic rings. The second kappa shape index (κ2) is 12.6. The summed E-state index contributed by atoms with van der Waals surface area (Å²) in [7, 11) is -3.65. The predicted molar refractivity (Wildman–Crippen MR) is 178 cm³/mol. The van der Waals surface area contributed by atoms with E-state index in [-0.39, 0.29) is 4.90 Å². The van der Waals surface area contributed by atoms with Crippen LogP contribution >= 0.6 is 23.8 Å². The van der Waals surface area contributed by atoms with Crippen molar-refractivity contribution >= 4 is 44.5 Å². The first-order valence-electron chi connectivity index (χ1n) is 15.8. The third-order valence-corrected chi connectivity index (χ3v) is 11.7. The van der Waals surface area contributed by atoms with E-state index in [0.717, 1.165) is 72.5 Å². The second-order valence-electron chi connectivity index (χ2n) is 12.1. The van der Waals surface area contributed by atoms with E-state index in [2.05, 4.69) is 22.0 Å². The van der Waals surface area contributed by atoms with Crippen LogP contribution in [0, 0.1) is 0 Å². The van der Waals surface area contributed by atoms with Gasteiger partial charge < -0.3 is 14.6 Å². The zero-order valence-electron chi connectivity index (χ0n) is 24.8. The summed E-state index contributed by atoms with van der Waals surface area (Å²) >= 11 is 12.5. The van der Waals surface area contributed by atoms with Crippen LogP contribution in [0.1, 0.15) is 62.6 Å². The van der Waals surface area contributed by atoms with E-state index in [4.69, 9.17) is 33.7 Å². The highest BCUT2D eigenvalue weighted by atomic mass is 35.5. The van der Waals surface area contributed by atoms with Gasteiger partial charge in [0.15, 0.2) is 5.82 Å². The molecule has 7 rings (SSSR count). The molecule has 1 aliphatic carbocycles. The summed E-state index contributed by atoms with van der Waals surface area (Å²) in [4.78, 5) is 0.988. The van der Waals surface area contributed by atoms with E-state index in [1.807, 2.05) is 28.8 Å². The number of thiocarbonyl (C=S) groups is 1. The quantitative estimate of drug-likeness (QED) is 0.190. The highest BCUT2D eigenvalue weighted by Crippen LogP contribution is 2.39. The third-order valence-electron chi connectivity index (χ3n) is 9.22. The lowest BCUT2D eigenvalue weighted by Gasteiger charge is -2.26. The van der Waals surface area contributed by atoms with E-state index >= 15 is 0 Å². The molecule has 1 saturated heterocycles. The van der Waals surface area contributed by atoms with Crippen molar-refractivity contribution in [3.63, 3.8) is 0 Å². The number of hydrogen-bond acceptors (Lipinski definition) is 5. The minimum Gasteiger partial charge on any atom is -0.379 e. The summed E-state index contributed by atoms with van der Waals surface area (Å²) in [6.45, 7) is 2.32. The number of hydrogen-bond donors (Lipinski definition) is 1. The van der Waals surface area contributed by atoms with Crippen molar-refractivity contribution in [3.05, 3.63) is 64.8 Å². The van der Waals surface area contributed by atoms with Crippen LogP contribution in [0.15, 0.2) is 53.4 Å². The molecule has 0 bridgehead atoms. The van der Waals surface area contributed by atoms with Gasteiger partial charge in [-0.2, -0.15) is 4.31 Å². The number of rotatable bonds is 6. The number of nitrogens with zero attached hydrogens (tertiary/aromatic N) is 4. The van der Waals surface area contributed by atoms with Gasteiger partial charge in [-0.05, 0) is 61.9 Å². The number of ether oxygens (including phenoxy) is 1. The Bertz CT molecular complexity index is 1780. The van der Waals surface area contributed by atoms with Gasteiger partial charge in [0.25, 0.3) is 0 Å². The average Bonchev–Trinajstić information content (AvgIpc) is 3.29. The molecule has 2 aromatic heterocycles. The zero-order chi connectivity index (χ0) is 30.3. The van der Waals surface area contributed by atoms with Crippen LogP contribution in [0.3, 0.4) is 0 Å². The van der Waals surface area contributed by atoms with Gasteiger partial charge in [-0.25, -0.2) is 12.9 Å². The molecule has 0 amide bonds. The molecule has 232 valence electrons. The molecule has 8 nitrogen and oxygen atoms in total. The SMILES string of the molecule is O=S(=O)(c1cccc(-c2nn3c(C(=S)NC4CCCCCC4)c(-c4ccc(Cl)cc4)c4c3n2CCCC4)c1)N1CCOCC1. The summed E-state index contributed by atoms with van der Waals surface area (Å²) in [5.41, 5.74) is 6.11. The van der Waals surface area contributed by atoms with Crippen LogP contribution in [-0.2, 0) is 27.7 Å². The summed E-state index contributed by atoms with van der Waals surface area (Å²) in [5, 5.41) is 9.66. The van der Waals surface area contributed by atoms with Crippen LogP contribution in [-0.4, -0.2) is 64.2 Å². The van der Waals surface area contributed by atoms with Crippen molar-refractivity contribution in [2.75, 3.05) is 26.3 Å². The summed E-state index contributed by atoms with van der Waals surface area (Å²) in [5.74, 6) is 0.753. The molecule has 4 heterocycles. The molecule has 4 aromatic rings. The number of sulfonamides is 1. The monoisotopic (exact) mass is 651 g/mol. The lowest BCUT2D eigenvalue weighted by Crippen LogP contribution is -2.40. The number of halogens is 1. The molecular weight excluding hydrogens is 614 g/mol. The van der Waals surface area contributed by atoms with Gasteiger partial charge in [-0.3, -0.25) is 0 Å². The minimum atomic E-state index is -3.65. The standard InChI is InChI=1S/C33H38ClN5O3S2/c34-25-15-13-23(14-16-25)29-28-12-5-6-17-38-31(24-8-7-11-27(22-24)44(40,41)37-18-20-42-21-19-37)36-39(33(28)38)30(29)32(43)35-26-9-3-1-2-4-10-26/h7-8,11,13-16,22,26H,1-6,9-10,12,17-21H2,(H,35,43). The molecule has 0 radical (unpaired) electrons. The van der Waals surface area contributed by atoms with E-state index < -0.39 is 10.0 Å². The second-order valence-corrected chi connectivity index (χ2v) is 14.9. The van der Waals surface area contributed by atoms with Crippen molar-refractivity contribution < 1.29 is 13.2 Å². The van der Waals surface area contributed by atoms with Gasteiger partial charge in [0.1, 0.15) is 16.3 Å². The molecule has 2 aromatic carbocycles. The predicted octanol–water partition coefficient (Wildman–Crippen LogP) is 6.47. The van der Waals surface area contributed by atoms with Crippen LogP contribution in [0.5, 0.6) is 0 Å². The number of aromatic nitrogens is 3. The Balaban J connectivity index is 1.37. The van der Waals surface area contributed by atoms with Crippen LogP contribution in [0.25, 0.3) is 28.2 Å². The maximum absolute atomic E-state index is 13.6. The van der Waals surface area contributed by atoms with Crippen molar-refractivity contribution in [2.24, 2.45) is 0 Å². The Morgan fingerprint density at radius 1 is 0.932 bits per heavy atom. The van der Waals surface area contributed by atoms with Crippen LogP contribution in [0.2, 0.25) is 5.02 Å². The van der Waals surface area contributed by atoms with E-state index in [1.165, 1.54) is 35.6 Å². The first kappa shape index (κ1) is 29.9. The van der Waals surface area contributed by atoms with Crippen LogP contribution in [0.4, 0.5) is 0 Å². The van der Waals surface area contributed by atoms with Gasteiger partial charge >= 0.3 is 0 Å². The van der Waals surface area contributed by atoms with Gasteiger partial charge in [0.2, 0.25) is 10.0 Å². The number of benzene rings is 2. The number of morpholine rings is 1. The van der Waals surface area contributed by atoms with Crippen LogP contribution < -0.4 is 5.32 Å². The van der Waals surface area contributed by atoms with E-state index in [0.29, 0.717) is 42.4 Å². The van der Waals surface area contributed by atoms with E-state index in [9.17, 15) is 8.42 Å². The maximum atomic E-state index is 13.6. The Morgan fingerprint density at radius 3 is 2.43 bits per heavy atom. The Morgan fingerprint density at radius 2 is 1.68 bits per heavy atom. The van der Waals surface area contributed by atoms with Crippen molar-refractivity contribution in [2.45, 2.75) is 75.3 Å². The van der Waals surface area contributed by atoms with E-state index in [1.54, 1.807) is 12.1 Å². The Kier molecular flexibility index (Phi) is 8.54. The molecule has 0 spiro atoms. The third kappa shape index (κ3) is 5.60. The molecule has 44 heavy (non-hydrogen) atoms. The highest BCUT2D eigenvalue weighted by Gasteiger charge is 2.31. The highest BCUT2D eigenvalue weighted by molar-refractivity contribution is 7.89. The molecule has 1 saturated carbocycles. The van der Waals surface area contributed by atoms with Gasteiger partial charge in [0, 0.05) is 47.4 Å². The summed E-state index contributed by atoms with van der Waals surface area (Å²) < 4.78 is 38.3. The summed E-state index contributed by atoms with van der Waals surface area (Å²) in [6.07, 6.45) is 10.1. The average molecular weight is 652 g/mol. The van der Waals surface area contributed by atoms with Gasteiger partial charge in [-0.1, -0.05) is 73.8 Å². The van der Waals surface area contributed by atoms with Crippen molar-refractivity contribution in [1.82, 2.24) is 23.8 Å². The molecule has 0 atom stereocenters. The largest absolute Gasteiger partial charge is 0.379 e. The number of aryl methyl sites for hydroxylation is 2. The lowest BCUT2D eigenvalue weighted by atomic mass is 9.97. The first-order chi connectivity index (χ1) is 21.4. The van der Waals surface area contributed by atoms with Crippen molar-refractivity contribution in [1.29, 1.82) is 0 Å². The Labute approximate surface area is 269 Å². The molecule has 11 heteroatoms. The van der Waals surface area contributed by atoms with Gasteiger partial charge in [-0.15, -0.1) is 5.10 Å². The molecule has 0 unspecified atom stereocenters. The minimum absolute atomic E-state index is 0.277. The smallest absolute Gasteiger partial charge is 0.243 e. The number of nitrogens with one attached hydrogen (secondary N) is 1.